The number of piperazine rings is 1. The summed E-state index contributed by atoms with van der Waals surface area (Å²) in [4.78, 5) is 15.2. The van der Waals surface area contributed by atoms with Gasteiger partial charge in [-0.05, 0) is 12.1 Å². The molecule has 0 saturated carbocycles. The summed E-state index contributed by atoms with van der Waals surface area (Å²) in [6.07, 6.45) is 1.88. The van der Waals surface area contributed by atoms with Crippen molar-refractivity contribution in [3.63, 3.8) is 0 Å². The molecule has 1 aliphatic rings. The lowest BCUT2D eigenvalue weighted by Crippen LogP contribution is -2.57. The molecule has 0 amide bonds. The van der Waals surface area contributed by atoms with Crippen LogP contribution in [0, 0.1) is 0 Å². The van der Waals surface area contributed by atoms with Crippen LogP contribution in [0.5, 0.6) is 0 Å². The van der Waals surface area contributed by atoms with E-state index in [1.807, 2.05) is 0 Å². The van der Waals surface area contributed by atoms with Gasteiger partial charge in [0.2, 0.25) is 10.0 Å². The van der Waals surface area contributed by atoms with E-state index in [2.05, 4.69) is 10.3 Å². The smallest absolute Gasteiger partial charge is 0.323 e. The summed E-state index contributed by atoms with van der Waals surface area (Å²) in [5, 5.41) is 12.0. The maximum Gasteiger partial charge on any atom is 0.323 e. The van der Waals surface area contributed by atoms with Crippen molar-refractivity contribution in [2.45, 2.75) is 12.5 Å². The second-order valence-electron chi connectivity index (χ2n) is 4.56. The Morgan fingerprint density at radius 2 is 2.30 bits per heavy atom. The number of nitrogens with zero attached hydrogens (tertiary/aromatic N) is 2. The van der Waals surface area contributed by atoms with Crippen molar-refractivity contribution in [2.75, 3.05) is 25.4 Å². The van der Waals surface area contributed by atoms with Gasteiger partial charge < -0.3 is 10.4 Å². The van der Waals surface area contributed by atoms with Gasteiger partial charge in [-0.2, -0.15) is 4.31 Å². The van der Waals surface area contributed by atoms with Crippen LogP contribution in [-0.2, 0) is 21.2 Å². The number of carboxylic acids is 1. The fourth-order valence-electron chi connectivity index (χ4n) is 2.13. The molecule has 1 aliphatic heterocycles. The van der Waals surface area contributed by atoms with Crippen LogP contribution in [-0.4, -0.2) is 60.2 Å². The van der Waals surface area contributed by atoms with Crippen LogP contribution < -0.4 is 5.32 Å². The molecular formula is C12H17N3O4S. The van der Waals surface area contributed by atoms with Gasteiger partial charge in [-0.15, -0.1) is 0 Å². The lowest BCUT2D eigenvalue weighted by molar-refractivity contribution is -0.141. The Labute approximate surface area is 117 Å². The van der Waals surface area contributed by atoms with Crippen molar-refractivity contribution >= 4 is 16.0 Å². The number of aryl methyl sites for hydroxylation is 1. The van der Waals surface area contributed by atoms with Crippen molar-refractivity contribution in [2.24, 2.45) is 0 Å². The van der Waals surface area contributed by atoms with E-state index in [0.717, 1.165) is 4.31 Å². The molecule has 2 rings (SSSR count). The minimum Gasteiger partial charge on any atom is -0.480 e. The highest BCUT2D eigenvalue weighted by Gasteiger charge is 2.36. The zero-order valence-corrected chi connectivity index (χ0v) is 11.7. The number of aromatic nitrogens is 1. The highest BCUT2D eigenvalue weighted by molar-refractivity contribution is 7.89. The first-order valence-corrected chi connectivity index (χ1v) is 7.94. The molecule has 0 spiro atoms. The third kappa shape index (κ3) is 3.53. The quantitative estimate of drug-likeness (QED) is 0.747. The Balaban J connectivity index is 2.06. The average Bonchev–Trinajstić information content (AvgIpc) is 2.46. The van der Waals surface area contributed by atoms with Crippen LogP contribution in [0.4, 0.5) is 0 Å². The summed E-state index contributed by atoms with van der Waals surface area (Å²) in [6.45, 7) is 0.784. The number of nitrogens with one attached hydrogen (secondary N) is 1. The number of carboxylic acid groups (broad SMARTS) is 1. The molecule has 0 bridgehead atoms. The number of pyridine rings is 1. The molecule has 20 heavy (non-hydrogen) atoms. The van der Waals surface area contributed by atoms with Crippen LogP contribution in [0.15, 0.2) is 24.4 Å². The molecule has 1 saturated heterocycles. The molecule has 0 aliphatic carbocycles. The van der Waals surface area contributed by atoms with Crippen LogP contribution in [0.25, 0.3) is 0 Å². The topological polar surface area (TPSA) is 99.6 Å². The molecule has 0 aromatic carbocycles. The van der Waals surface area contributed by atoms with E-state index in [0.29, 0.717) is 12.2 Å². The minimum atomic E-state index is -3.60. The van der Waals surface area contributed by atoms with E-state index >= 15 is 0 Å². The maximum atomic E-state index is 12.3. The SMILES string of the molecule is O=C(O)C1CNCCN1S(=O)(=O)CCc1ccccn1. The van der Waals surface area contributed by atoms with Crippen LogP contribution in [0.1, 0.15) is 5.69 Å². The van der Waals surface area contributed by atoms with E-state index in [-0.39, 0.29) is 25.3 Å². The van der Waals surface area contributed by atoms with Gasteiger partial charge in [0.1, 0.15) is 6.04 Å². The van der Waals surface area contributed by atoms with Crippen molar-refractivity contribution in [1.82, 2.24) is 14.6 Å². The average molecular weight is 299 g/mol. The second-order valence-corrected chi connectivity index (χ2v) is 6.60. The largest absolute Gasteiger partial charge is 0.480 e. The van der Waals surface area contributed by atoms with Gasteiger partial charge in [-0.25, -0.2) is 8.42 Å². The molecule has 7 nitrogen and oxygen atoms in total. The number of sulfonamides is 1. The molecule has 2 N–H and O–H groups in total. The maximum absolute atomic E-state index is 12.3. The lowest BCUT2D eigenvalue weighted by atomic mass is 10.2. The van der Waals surface area contributed by atoms with E-state index in [9.17, 15) is 13.2 Å². The van der Waals surface area contributed by atoms with E-state index < -0.39 is 22.0 Å². The molecule has 1 unspecified atom stereocenters. The number of aliphatic carboxylic acids is 1. The van der Waals surface area contributed by atoms with Gasteiger partial charge >= 0.3 is 5.97 Å². The standard InChI is InChI=1S/C12H17N3O4S/c16-12(17)11-9-13-6-7-15(11)20(18,19)8-4-10-3-1-2-5-14-10/h1-3,5,11,13H,4,6-9H2,(H,16,17). The molecule has 2 heterocycles. The van der Waals surface area contributed by atoms with Crippen LogP contribution >= 0.6 is 0 Å². The Kier molecular flexibility index (Phi) is 4.69. The zero-order chi connectivity index (χ0) is 14.6. The highest BCUT2D eigenvalue weighted by atomic mass is 32.2. The summed E-state index contributed by atoms with van der Waals surface area (Å²) in [6, 6.07) is 4.27. The molecule has 1 fully saturated rings. The Morgan fingerprint density at radius 1 is 1.50 bits per heavy atom. The molecule has 1 atom stereocenters. The van der Waals surface area contributed by atoms with Gasteiger partial charge in [0, 0.05) is 37.9 Å². The minimum absolute atomic E-state index is 0.131. The number of hydrogen-bond acceptors (Lipinski definition) is 5. The summed E-state index contributed by atoms with van der Waals surface area (Å²) >= 11 is 0. The molecule has 110 valence electrons. The highest BCUT2D eigenvalue weighted by Crippen LogP contribution is 2.12. The monoisotopic (exact) mass is 299 g/mol. The van der Waals surface area contributed by atoms with Crippen molar-refractivity contribution in [3.8, 4) is 0 Å². The fourth-order valence-corrected chi connectivity index (χ4v) is 3.75. The first-order chi connectivity index (χ1) is 9.50. The van der Waals surface area contributed by atoms with Gasteiger partial charge in [-0.1, -0.05) is 6.07 Å². The van der Waals surface area contributed by atoms with Crippen LogP contribution in [0.2, 0.25) is 0 Å². The molecule has 1 aromatic heterocycles. The van der Waals surface area contributed by atoms with Gasteiger partial charge in [0.15, 0.2) is 0 Å². The number of hydrogen-bond donors (Lipinski definition) is 2. The Hall–Kier alpha value is -1.51. The molecular weight excluding hydrogens is 282 g/mol. The molecule has 8 heteroatoms. The second kappa shape index (κ2) is 6.29. The predicted octanol–water partition coefficient (Wildman–Crippen LogP) is -0.688. The van der Waals surface area contributed by atoms with Crippen molar-refractivity contribution in [3.05, 3.63) is 30.1 Å². The first-order valence-electron chi connectivity index (χ1n) is 6.33. The Morgan fingerprint density at radius 3 is 2.95 bits per heavy atom. The normalized spacial score (nSPS) is 20.7. The Bertz CT molecular complexity index is 561. The number of rotatable bonds is 5. The van der Waals surface area contributed by atoms with Gasteiger partial charge in [0.05, 0.1) is 5.75 Å². The molecule has 1 aromatic rings. The van der Waals surface area contributed by atoms with Gasteiger partial charge in [-0.3, -0.25) is 9.78 Å². The van der Waals surface area contributed by atoms with Gasteiger partial charge in [0.25, 0.3) is 0 Å². The summed E-state index contributed by atoms with van der Waals surface area (Å²) < 4.78 is 25.6. The van der Waals surface area contributed by atoms with Crippen molar-refractivity contribution < 1.29 is 18.3 Å². The van der Waals surface area contributed by atoms with Crippen molar-refractivity contribution in [1.29, 1.82) is 0 Å². The lowest BCUT2D eigenvalue weighted by Gasteiger charge is -2.32. The predicted molar refractivity (Wildman–Crippen MR) is 72.7 cm³/mol. The van der Waals surface area contributed by atoms with E-state index in [1.54, 1.807) is 24.4 Å². The van der Waals surface area contributed by atoms with E-state index in [4.69, 9.17) is 5.11 Å². The molecule has 0 radical (unpaired) electrons. The fraction of sp³-hybridized carbons (Fsp3) is 0.500. The zero-order valence-electron chi connectivity index (χ0n) is 10.9. The van der Waals surface area contributed by atoms with E-state index in [1.165, 1.54) is 0 Å². The summed E-state index contributed by atoms with van der Waals surface area (Å²) in [5.74, 6) is -1.26. The third-order valence-electron chi connectivity index (χ3n) is 3.18. The summed E-state index contributed by atoms with van der Waals surface area (Å²) in [5.41, 5.74) is 0.679. The third-order valence-corrected chi connectivity index (χ3v) is 5.05. The van der Waals surface area contributed by atoms with Crippen LogP contribution in [0.3, 0.4) is 0 Å². The first kappa shape index (κ1) is 14.9. The number of carbonyl (C=O) groups is 1. The summed E-state index contributed by atoms with van der Waals surface area (Å²) in [7, 11) is -3.60.